The van der Waals surface area contributed by atoms with Crippen molar-refractivity contribution in [3.05, 3.63) is 101 Å². The number of rotatable bonds is 8. The second-order valence-corrected chi connectivity index (χ2v) is 10.9. The molecule has 7 heteroatoms. The number of hydrogen-bond donors (Lipinski definition) is 1. The van der Waals surface area contributed by atoms with Crippen LogP contribution in [0, 0.1) is 5.41 Å². The van der Waals surface area contributed by atoms with E-state index in [9.17, 15) is 14.4 Å². The van der Waals surface area contributed by atoms with Crippen molar-refractivity contribution in [1.82, 2.24) is 5.32 Å². The summed E-state index contributed by atoms with van der Waals surface area (Å²) in [5.74, 6) is -0.734. The van der Waals surface area contributed by atoms with E-state index in [1.807, 2.05) is 80.6 Å². The number of amides is 1. The molecule has 1 aliphatic heterocycles. The lowest BCUT2D eigenvalue weighted by molar-refractivity contribution is -0.149. The van der Waals surface area contributed by atoms with Gasteiger partial charge in [-0.2, -0.15) is 0 Å². The predicted molar refractivity (Wildman–Crippen MR) is 160 cm³/mol. The Bertz CT molecular complexity index is 1480. The molecule has 0 bridgehead atoms. The molecule has 7 nitrogen and oxygen atoms in total. The van der Waals surface area contributed by atoms with E-state index >= 15 is 0 Å². The lowest BCUT2D eigenvalue weighted by Crippen LogP contribution is -2.45. The Morgan fingerprint density at radius 2 is 1.64 bits per heavy atom. The first-order valence-electron chi connectivity index (χ1n) is 14.6. The molecule has 0 saturated heterocycles. The highest BCUT2D eigenvalue weighted by atomic mass is 16.5. The van der Waals surface area contributed by atoms with Crippen LogP contribution in [0.25, 0.3) is 6.08 Å². The fraction of sp³-hybridized carbons (Fsp3) is 0.343. The van der Waals surface area contributed by atoms with Crippen LogP contribution < -0.4 is 14.8 Å². The summed E-state index contributed by atoms with van der Waals surface area (Å²) in [7, 11) is 1.58. The molecular weight excluding hydrogens is 530 g/mol. The van der Waals surface area contributed by atoms with Gasteiger partial charge in [0.1, 0.15) is 12.6 Å². The zero-order valence-electron chi connectivity index (χ0n) is 24.4. The monoisotopic (exact) mass is 567 g/mol. The van der Waals surface area contributed by atoms with Crippen molar-refractivity contribution >= 4 is 23.7 Å². The average molecular weight is 568 g/mol. The van der Waals surface area contributed by atoms with Gasteiger partial charge in [-0.1, -0.05) is 80.6 Å². The maximum absolute atomic E-state index is 13.9. The molecule has 2 aliphatic carbocycles. The molecule has 6 rings (SSSR count). The van der Waals surface area contributed by atoms with E-state index in [1.54, 1.807) is 19.3 Å². The minimum atomic E-state index is -0.965. The highest BCUT2D eigenvalue weighted by molar-refractivity contribution is 6.26. The summed E-state index contributed by atoms with van der Waals surface area (Å²) < 4.78 is 17.3. The number of benzene rings is 3. The maximum atomic E-state index is 13.9. The summed E-state index contributed by atoms with van der Waals surface area (Å²) in [6.07, 6.45) is 4.44. The summed E-state index contributed by atoms with van der Waals surface area (Å²) in [6, 6.07) is 21.5. The standard InChI is InChI=1S/C33H31NO6.C2H6/c1-38-27-13-12-23-17-24(29(35)25-18-33(14-15-33)20-40-30(27)28(23)25)31(36)34-26(16-21-8-4-2-5-9-21)32(37)39-19-22-10-6-3-7-11-22;1-2/h2-13,17,25-26H,14-16,18-20H2,1H3,(H,34,36);1-2H3/t25?,26-;/m0./s1. The Kier molecular flexibility index (Phi) is 8.76. The van der Waals surface area contributed by atoms with Crippen LogP contribution in [-0.2, 0) is 32.1 Å². The molecule has 1 spiro atoms. The molecule has 1 fully saturated rings. The van der Waals surface area contributed by atoms with Crippen molar-refractivity contribution in [2.24, 2.45) is 5.41 Å². The van der Waals surface area contributed by atoms with Gasteiger partial charge >= 0.3 is 5.97 Å². The smallest absolute Gasteiger partial charge is 0.329 e. The number of hydrogen-bond acceptors (Lipinski definition) is 6. The van der Waals surface area contributed by atoms with Gasteiger partial charge in [0.15, 0.2) is 17.3 Å². The molecule has 42 heavy (non-hydrogen) atoms. The largest absolute Gasteiger partial charge is 0.493 e. The van der Waals surface area contributed by atoms with Crippen LogP contribution in [-0.4, -0.2) is 37.4 Å². The topological polar surface area (TPSA) is 90.9 Å². The van der Waals surface area contributed by atoms with Crippen molar-refractivity contribution in [1.29, 1.82) is 0 Å². The molecule has 3 aromatic rings. The van der Waals surface area contributed by atoms with E-state index in [-0.39, 0.29) is 29.8 Å². The number of ether oxygens (including phenoxy) is 3. The molecule has 1 amide bonds. The molecule has 1 heterocycles. The van der Waals surface area contributed by atoms with Gasteiger partial charge < -0.3 is 19.5 Å². The number of carbonyl (C=O) groups is 3. The van der Waals surface area contributed by atoms with Crippen molar-refractivity contribution in [2.75, 3.05) is 13.7 Å². The second-order valence-electron chi connectivity index (χ2n) is 10.9. The third-order valence-electron chi connectivity index (χ3n) is 8.10. The van der Waals surface area contributed by atoms with Gasteiger partial charge in [0, 0.05) is 17.4 Å². The number of carbonyl (C=O) groups excluding carboxylic acids is 3. The molecule has 1 N–H and O–H groups in total. The SMILES string of the molecule is CC.COc1ccc2c3c1OCC1(CC1)CC3C(=O)C(C(=O)N[C@@H](Cc1ccccc1)C(=O)OCc1ccccc1)=C2. The second kappa shape index (κ2) is 12.6. The third kappa shape index (κ3) is 6.10. The predicted octanol–water partition coefficient (Wildman–Crippen LogP) is 5.80. The van der Waals surface area contributed by atoms with Gasteiger partial charge in [0.05, 0.1) is 25.2 Å². The summed E-state index contributed by atoms with van der Waals surface area (Å²) in [6.45, 7) is 4.61. The molecule has 218 valence electrons. The van der Waals surface area contributed by atoms with Crippen LogP contribution in [0.3, 0.4) is 0 Å². The molecular formula is C35H37NO6. The van der Waals surface area contributed by atoms with Gasteiger partial charge in [0.25, 0.3) is 5.91 Å². The van der Waals surface area contributed by atoms with E-state index in [0.717, 1.165) is 35.1 Å². The van der Waals surface area contributed by atoms with Crippen LogP contribution in [0.5, 0.6) is 11.5 Å². The van der Waals surface area contributed by atoms with E-state index < -0.39 is 23.8 Å². The van der Waals surface area contributed by atoms with Crippen LogP contribution in [0.2, 0.25) is 0 Å². The molecule has 0 aromatic heterocycles. The summed E-state index contributed by atoms with van der Waals surface area (Å²) in [5.41, 5.74) is 3.24. The molecule has 1 unspecified atom stereocenters. The normalized spacial score (nSPS) is 18.1. The minimum absolute atomic E-state index is 0.0419. The highest BCUT2D eigenvalue weighted by Crippen LogP contribution is 2.58. The lowest BCUT2D eigenvalue weighted by Gasteiger charge is -2.26. The Morgan fingerprint density at radius 1 is 0.976 bits per heavy atom. The summed E-state index contributed by atoms with van der Waals surface area (Å²) in [4.78, 5) is 40.8. The van der Waals surface area contributed by atoms with Crippen LogP contribution in [0.15, 0.2) is 78.4 Å². The van der Waals surface area contributed by atoms with Crippen LogP contribution in [0.4, 0.5) is 0 Å². The molecule has 3 aromatic carbocycles. The zero-order valence-corrected chi connectivity index (χ0v) is 24.4. The summed E-state index contributed by atoms with van der Waals surface area (Å²) >= 11 is 0. The molecule has 3 aliphatic rings. The van der Waals surface area contributed by atoms with Crippen LogP contribution in [0.1, 0.15) is 61.3 Å². The number of methoxy groups -OCH3 is 1. The third-order valence-corrected chi connectivity index (χ3v) is 8.10. The Morgan fingerprint density at radius 3 is 2.29 bits per heavy atom. The van der Waals surface area contributed by atoms with Crippen LogP contribution >= 0.6 is 0 Å². The quantitative estimate of drug-likeness (QED) is 0.273. The Hall–Kier alpha value is -4.39. The summed E-state index contributed by atoms with van der Waals surface area (Å²) in [5, 5.41) is 2.83. The van der Waals surface area contributed by atoms with E-state index in [0.29, 0.717) is 24.5 Å². The molecule has 1 saturated carbocycles. The van der Waals surface area contributed by atoms with Crippen molar-refractivity contribution in [3.8, 4) is 11.5 Å². The maximum Gasteiger partial charge on any atom is 0.329 e. The Labute approximate surface area is 246 Å². The first kappa shape index (κ1) is 29.1. The van der Waals surface area contributed by atoms with Gasteiger partial charge in [-0.3, -0.25) is 9.59 Å². The van der Waals surface area contributed by atoms with E-state index in [1.165, 1.54) is 0 Å². The minimum Gasteiger partial charge on any atom is -0.493 e. The van der Waals surface area contributed by atoms with Crippen molar-refractivity contribution in [3.63, 3.8) is 0 Å². The zero-order chi connectivity index (χ0) is 29.7. The average Bonchev–Trinajstić information content (AvgIpc) is 3.83. The van der Waals surface area contributed by atoms with Gasteiger partial charge in [-0.25, -0.2) is 4.79 Å². The molecule has 0 radical (unpaired) electrons. The van der Waals surface area contributed by atoms with Gasteiger partial charge in [0.2, 0.25) is 0 Å². The lowest BCUT2D eigenvalue weighted by atomic mass is 9.76. The fourth-order valence-electron chi connectivity index (χ4n) is 5.66. The number of esters is 1. The van der Waals surface area contributed by atoms with Gasteiger partial charge in [-0.15, -0.1) is 0 Å². The van der Waals surface area contributed by atoms with E-state index in [2.05, 4.69) is 5.32 Å². The first-order chi connectivity index (χ1) is 20.5. The first-order valence-corrected chi connectivity index (χ1v) is 14.6. The number of ketones is 1. The van der Waals surface area contributed by atoms with E-state index in [4.69, 9.17) is 14.2 Å². The Balaban J connectivity index is 0.00000173. The number of Topliss-reactive ketones (excluding diaryl/α,β-unsaturated/α-hetero) is 1. The fourth-order valence-corrected chi connectivity index (χ4v) is 5.66. The molecule has 2 atom stereocenters. The van der Waals surface area contributed by atoms with Gasteiger partial charge in [-0.05, 0) is 48.1 Å². The van der Waals surface area contributed by atoms with Crippen molar-refractivity contribution in [2.45, 2.75) is 58.1 Å². The highest BCUT2D eigenvalue weighted by Gasteiger charge is 2.51. The van der Waals surface area contributed by atoms with Crippen molar-refractivity contribution < 1.29 is 28.6 Å². The number of nitrogens with one attached hydrogen (secondary N) is 1.